The van der Waals surface area contributed by atoms with Gasteiger partial charge >= 0.3 is 0 Å². The van der Waals surface area contributed by atoms with Crippen molar-refractivity contribution in [3.8, 4) is 6.07 Å². The largest absolute Gasteiger partial charge is 0.390 e. The summed E-state index contributed by atoms with van der Waals surface area (Å²) in [5.41, 5.74) is 1.90. The number of halogens is 1. The Balaban J connectivity index is 1.89. The molecule has 8 heteroatoms. The Morgan fingerprint density at radius 1 is 1.43 bits per heavy atom. The molecule has 120 valence electrons. The molecule has 0 spiro atoms. The predicted octanol–water partition coefficient (Wildman–Crippen LogP) is 1.30. The molecule has 2 aliphatic carbocycles. The number of aliphatic hydroxyl groups is 2. The normalized spacial score (nSPS) is 31.9. The van der Waals surface area contributed by atoms with Crippen LogP contribution in [0.15, 0.2) is 6.33 Å². The van der Waals surface area contributed by atoms with Gasteiger partial charge in [0.2, 0.25) is 0 Å². The van der Waals surface area contributed by atoms with Gasteiger partial charge in [-0.3, -0.25) is 0 Å². The summed E-state index contributed by atoms with van der Waals surface area (Å²) >= 11 is 6.17. The first kappa shape index (κ1) is 14.7. The molecule has 2 fully saturated rings. The number of imidazole rings is 1. The molecule has 5 atom stereocenters. The van der Waals surface area contributed by atoms with Crippen molar-refractivity contribution in [1.82, 2.24) is 14.5 Å². The van der Waals surface area contributed by atoms with E-state index < -0.39 is 12.2 Å². The zero-order valence-corrected chi connectivity index (χ0v) is 13.2. The second kappa shape index (κ2) is 5.06. The molecule has 0 bridgehead atoms. The Hall–Kier alpha value is -1.88. The van der Waals surface area contributed by atoms with Gasteiger partial charge in [0, 0.05) is 6.54 Å². The van der Waals surface area contributed by atoms with E-state index in [0.717, 1.165) is 6.42 Å². The number of nitrogens with zero attached hydrogens (tertiary/aromatic N) is 4. The molecule has 3 N–H and O–H groups in total. The summed E-state index contributed by atoms with van der Waals surface area (Å²) in [6.07, 6.45) is 0.962. The third kappa shape index (κ3) is 1.96. The number of anilines is 1. The lowest BCUT2D eigenvalue weighted by molar-refractivity contribution is 0.00386. The predicted molar refractivity (Wildman–Crippen MR) is 84.1 cm³/mol. The molecule has 2 aromatic rings. The van der Waals surface area contributed by atoms with Crippen LogP contribution in [-0.4, -0.2) is 43.5 Å². The first-order valence-electron chi connectivity index (χ1n) is 7.64. The topological polar surface area (TPSA) is 107 Å². The first-order valence-corrected chi connectivity index (χ1v) is 8.02. The summed E-state index contributed by atoms with van der Waals surface area (Å²) in [6, 6.07) is 1.80. The van der Waals surface area contributed by atoms with E-state index in [1.54, 1.807) is 10.9 Å². The van der Waals surface area contributed by atoms with Gasteiger partial charge in [0.15, 0.2) is 10.8 Å². The van der Waals surface area contributed by atoms with Crippen LogP contribution in [0.25, 0.3) is 11.2 Å². The van der Waals surface area contributed by atoms with Gasteiger partial charge in [-0.1, -0.05) is 11.6 Å². The second-order valence-electron chi connectivity index (χ2n) is 6.15. The van der Waals surface area contributed by atoms with Crippen LogP contribution in [0.1, 0.15) is 24.9 Å². The molecular formula is C15H16ClN5O2. The number of fused-ring (bicyclic) bond motifs is 2. The van der Waals surface area contributed by atoms with Crippen LogP contribution in [0.4, 0.5) is 5.69 Å². The van der Waals surface area contributed by atoms with Crippen LogP contribution in [0.2, 0.25) is 5.15 Å². The molecule has 2 saturated carbocycles. The minimum absolute atomic E-state index is 0.109. The molecule has 2 aliphatic rings. The van der Waals surface area contributed by atoms with Crippen LogP contribution in [0, 0.1) is 23.2 Å². The van der Waals surface area contributed by atoms with Gasteiger partial charge in [0.1, 0.15) is 23.3 Å². The van der Waals surface area contributed by atoms with Gasteiger partial charge in [-0.2, -0.15) is 5.26 Å². The monoisotopic (exact) mass is 333 g/mol. The number of pyridine rings is 1. The van der Waals surface area contributed by atoms with Crippen molar-refractivity contribution < 1.29 is 10.2 Å². The molecule has 2 aromatic heterocycles. The van der Waals surface area contributed by atoms with Crippen LogP contribution in [0.5, 0.6) is 0 Å². The fourth-order valence-corrected chi connectivity index (χ4v) is 4.00. The van der Waals surface area contributed by atoms with Crippen molar-refractivity contribution in [2.24, 2.45) is 11.8 Å². The maximum atomic E-state index is 10.3. The zero-order valence-electron chi connectivity index (χ0n) is 12.4. The average Bonchev–Trinajstić information content (AvgIpc) is 3.14. The molecule has 0 aliphatic heterocycles. The van der Waals surface area contributed by atoms with Crippen LogP contribution in [-0.2, 0) is 0 Å². The van der Waals surface area contributed by atoms with Gasteiger partial charge in [-0.15, -0.1) is 0 Å². The van der Waals surface area contributed by atoms with Crippen molar-refractivity contribution >= 4 is 28.5 Å². The molecule has 4 rings (SSSR count). The number of hydrogen-bond donors (Lipinski definition) is 3. The van der Waals surface area contributed by atoms with Gasteiger partial charge < -0.3 is 20.1 Å². The minimum Gasteiger partial charge on any atom is -0.390 e. The standard InChI is InChI=1S/C15H16ClN5O2/c1-2-18-9-8(4-17)14(16)20-15-10(9)19-5-21(15)11-6-3-7(6)12(22)13(11)23/h5-7,11-13,22-23H,2-3H2,1H3,(H,18,20)/t6-,7+,11+,12+,13-/m0/s1. The number of nitriles is 1. The van der Waals surface area contributed by atoms with E-state index in [2.05, 4.69) is 21.4 Å². The highest BCUT2D eigenvalue weighted by Crippen LogP contribution is 2.58. The molecule has 0 amide bonds. The van der Waals surface area contributed by atoms with Gasteiger partial charge in [-0.25, -0.2) is 9.97 Å². The van der Waals surface area contributed by atoms with E-state index in [1.807, 2.05) is 6.92 Å². The number of hydrogen-bond acceptors (Lipinski definition) is 6. The van der Waals surface area contributed by atoms with Crippen molar-refractivity contribution in [2.75, 3.05) is 11.9 Å². The number of aliphatic hydroxyl groups excluding tert-OH is 2. The smallest absolute Gasteiger partial charge is 0.164 e. The highest BCUT2D eigenvalue weighted by Gasteiger charge is 2.60. The van der Waals surface area contributed by atoms with E-state index in [1.165, 1.54) is 0 Å². The van der Waals surface area contributed by atoms with Crippen molar-refractivity contribution in [2.45, 2.75) is 31.6 Å². The fraction of sp³-hybridized carbons (Fsp3) is 0.533. The van der Waals surface area contributed by atoms with Crippen LogP contribution < -0.4 is 5.32 Å². The van der Waals surface area contributed by atoms with Crippen molar-refractivity contribution in [1.29, 1.82) is 5.26 Å². The van der Waals surface area contributed by atoms with Crippen molar-refractivity contribution in [3.63, 3.8) is 0 Å². The fourth-order valence-electron chi connectivity index (χ4n) is 3.78. The third-order valence-electron chi connectivity index (χ3n) is 4.92. The van der Waals surface area contributed by atoms with E-state index in [0.29, 0.717) is 23.4 Å². The lowest BCUT2D eigenvalue weighted by atomic mass is 10.1. The van der Waals surface area contributed by atoms with E-state index in [-0.39, 0.29) is 28.6 Å². The molecule has 0 saturated heterocycles. The first-order chi connectivity index (χ1) is 11.1. The van der Waals surface area contributed by atoms with Crippen LogP contribution >= 0.6 is 11.6 Å². The van der Waals surface area contributed by atoms with E-state index >= 15 is 0 Å². The summed E-state index contributed by atoms with van der Waals surface area (Å²) in [6.45, 7) is 2.54. The highest BCUT2D eigenvalue weighted by atomic mass is 35.5. The second-order valence-corrected chi connectivity index (χ2v) is 6.51. The summed E-state index contributed by atoms with van der Waals surface area (Å²) in [4.78, 5) is 8.70. The number of rotatable bonds is 3. The summed E-state index contributed by atoms with van der Waals surface area (Å²) in [5.74, 6) is 0.380. The molecule has 23 heavy (non-hydrogen) atoms. The highest BCUT2D eigenvalue weighted by molar-refractivity contribution is 6.31. The maximum absolute atomic E-state index is 10.3. The molecular weight excluding hydrogens is 318 g/mol. The SMILES string of the molecule is CCNc1c(C#N)c(Cl)nc2c1ncn2[C@H]1[C@H](O)[C@H](O)[C@@H]2C[C@@H]21. The Labute approximate surface area is 137 Å². The Kier molecular flexibility index (Phi) is 3.23. The van der Waals surface area contributed by atoms with Crippen molar-refractivity contribution in [3.05, 3.63) is 17.0 Å². The summed E-state index contributed by atoms with van der Waals surface area (Å²) < 4.78 is 1.79. The molecule has 2 heterocycles. The Bertz CT molecular complexity index is 829. The van der Waals surface area contributed by atoms with Gasteiger partial charge in [-0.05, 0) is 25.2 Å². The van der Waals surface area contributed by atoms with E-state index in [9.17, 15) is 15.5 Å². The molecule has 7 nitrogen and oxygen atoms in total. The minimum atomic E-state index is -0.838. The molecule has 0 aromatic carbocycles. The Morgan fingerprint density at radius 3 is 2.83 bits per heavy atom. The van der Waals surface area contributed by atoms with Crippen LogP contribution in [0.3, 0.4) is 0 Å². The Morgan fingerprint density at radius 2 is 2.22 bits per heavy atom. The zero-order chi connectivity index (χ0) is 16.3. The maximum Gasteiger partial charge on any atom is 0.164 e. The average molecular weight is 334 g/mol. The van der Waals surface area contributed by atoms with Gasteiger partial charge in [0.05, 0.1) is 24.2 Å². The third-order valence-corrected chi connectivity index (χ3v) is 5.19. The summed E-state index contributed by atoms with van der Waals surface area (Å²) in [7, 11) is 0. The quantitative estimate of drug-likeness (QED) is 0.731. The lowest BCUT2D eigenvalue weighted by Gasteiger charge is -2.22. The summed E-state index contributed by atoms with van der Waals surface area (Å²) in [5, 5.41) is 32.9. The lowest BCUT2D eigenvalue weighted by Crippen LogP contribution is -2.31. The number of nitrogens with one attached hydrogen (secondary N) is 1. The number of aromatic nitrogens is 3. The molecule has 0 radical (unpaired) electrons. The molecule has 0 unspecified atom stereocenters. The van der Waals surface area contributed by atoms with E-state index in [4.69, 9.17) is 11.6 Å². The van der Waals surface area contributed by atoms with Gasteiger partial charge in [0.25, 0.3) is 0 Å².